The largest absolute Gasteiger partial charge is 0.458 e. The first kappa shape index (κ1) is 48.8. The number of carbonyl (C=O) groups excluding carboxylic acids is 3. The van der Waals surface area contributed by atoms with Crippen LogP contribution in [0, 0.1) is 0 Å². The Morgan fingerprint density at radius 2 is 1.23 bits per heavy atom. The van der Waals surface area contributed by atoms with Crippen LogP contribution in [0.15, 0.2) is 91.0 Å². The number of hydrogen-bond donors (Lipinski definition) is 3. The third-order valence-electron chi connectivity index (χ3n) is 7.51. The topological polar surface area (TPSA) is 162 Å². The first-order chi connectivity index (χ1) is 26.8. The Hall–Kier alpha value is -4.37. The van der Waals surface area contributed by atoms with Gasteiger partial charge in [-0.05, 0) is 85.4 Å². The first-order valence-electron chi connectivity index (χ1n) is 19.3. The summed E-state index contributed by atoms with van der Waals surface area (Å²) in [5, 5.41) is 19.4. The van der Waals surface area contributed by atoms with Crippen molar-refractivity contribution in [3.63, 3.8) is 0 Å². The molecule has 3 atom stereocenters. The van der Waals surface area contributed by atoms with Gasteiger partial charge in [-0.1, -0.05) is 91.0 Å². The molecule has 2 heterocycles. The van der Waals surface area contributed by atoms with Gasteiger partial charge in [-0.2, -0.15) is 10.5 Å². The summed E-state index contributed by atoms with van der Waals surface area (Å²) in [5.74, 6) is -0.968. The van der Waals surface area contributed by atoms with Gasteiger partial charge in [0.15, 0.2) is 0 Å². The van der Waals surface area contributed by atoms with E-state index in [1.165, 1.54) is 10.6 Å². The van der Waals surface area contributed by atoms with Gasteiger partial charge in [-0.15, -0.1) is 0 Å². The molecule has 57 heavy (non-hydrogen) atoms. The van der Waals surface area contributed by atoms with Gasteiger partial charge in [0.2, 0.25) is 0 Å². The van der Waals surface area contributed by atoms with Crippen molar-refractivity contribution in [1.82, 2.24) is 10.5 Å². The summed E-state index contributed by atoms with van der Waals surface area (Å²) in [5.41, 5.74) is 4.71. The number of aliphatic hydroxyl groups excluding tert-OH is 2. The van der Waals surface area contributed by atoms with Gasteiger partial charge >= 0.3 is 18.0 Å². The number of nitrogens with zero attached hydrogens (tertiary/aromatic N) is 1. The van der Waals surface area contributed by atoms with Crippen molar-refractivity contribution >= 4 is 18.0 Å². The lowest BCUT2D eigenvalue weighted by atomic mass is 10.1. The average molecular weight is 797 g/mol. The van der Waals surface area contributed by atoms with Gasteiger partial charge in [0.1, 0.15) is 30.0 Å². The van der Waals surface area contributed by atoms with E-state index < -0.39 is 41.6 Å². The smallest absolute Gasteiger partial charge is 0.435 e. The van der Waals surface area contributed by atoms with E-state index in [9.17, 15) is 19.5 Å². The van der Waals surface area contributed by atoms with Crippen molar-refractivity contribution in [2.45, 2.75) is 117 Å². The van der Waals surface area contributed by atoms with Crippen LogP contribution in [0.5, 0.6) is 0 Å². The Morgan fingerprint density at radius 3 is 1.70 bits per heavy atom. The third kappa shape index (κ3) is 21.7. The maximum atomic E-state index is 12.0. The molecule has 0 bridgehead atoms. The molecule has 0 unspecified atom stereocenters. The van der Waals surface area contributed by atoms with E-state index in [0.29, 0.717) is 25.7 Å². The van der Waals surface area contributed by atoms with Crippen molar-refractivity contribution in [1.29, 1.82) is 0 Å². The fourth-order valence-corrected chi connectivity index (χ4v) is 5.19. The lowest BCUT2D eigenvalue weighted by Gasteiger charge is -2.27. The van der Waals surface area contributed by atoms with Crippen LogP contribution in [-0.2, 0) is 38.2 Å². The minimum absolute atomic E-state index is 0.0546. The zero-order chi connectivity index (χ0) is 42.5. The minimum atomic E-state index is -0.581. The molecule has 2 aliphatic rings. The fourth-order valence-electron chi connectivity index (χ4n) is 5.19. The number of carbonyl (C=O) groups is 3. The lowest BCUT2D eigenvalue weighted by molar-refractivity contribution is -0.160. The number of hydroxylamine groups is 3. The second-order valence-electron chi connectivity index (χ2n) is 16.2. The maximum absolute atomic E-state index is 12.0. The highest BCUT2D eigenvalue weighted by Gasteiger charge is 2.34. The number of hydrogen-bond acceptors (Lipinski definition) is 12. The summed E-state index contributed by atoms with van der Waals surface area (Å²) < 4.78 is 20.3. The normalized spacial score (nSPS) is 17.0. The van der Waals surface area contributed by atoms with Crippen LogP contribution >= 0.6 is 0 Å². The fraction of sp³-hybridized carbons (Fsp3) is 0.523. The summed E-state index contributed by atoms with van der Waals surface area (Å²) >= 11 is 0. The lowest BCUT2D eigenvalue weighted by Crippen LogP contribution is -2.35. The zero-order valence-electron chi connectivity index (χ0n) is 35.1. The molecule has 0 radical (unpaired) electrons. The summed E-state index contributed by atoms with van der Waals surface area (Å²) in [4.78, 5) is 44.2. The number of benzene rings is 3. The molecule has 3 N–H and O–H groups in total. The van der Waals surface area contributed by atoms with E-state index in [1.54, 1.807) is 20.8 Å². The third-order valence-corrected chi connectivity index (χ3v) is 7.51. The van der Waals surface area contributed by atoms with Crippen molar-refractivity contribution in [3.05, 3.63) is 108 Å². The standard InChI is InChI=1S/C15H22O4.C14H19NO3.C9H11NO.C6H12O3/c1-15(2,3)19-14(17)11-18-10-9-13(16)12-7-5-4-6-8-12;1-14(2,3)18-13(16)15-12(9-10-17-15)11-7-5-4-6-8-11;1-2-4-8(5-3-1)9-6-7-11-10-9;1-6(2,3)9-5(8)4-7/h4-8,13,16H,9-11H2,1-3H3;4-8,12H,9-10H2,1-3H3;1-5,9-10H,6-7H2;7H,4H2,1-3H3/t13-;12-;9-;/m100./s1. The van der Waals surface area contributed by atoms with Crippen LogP contribution in [0.3, 0.4) is 0 Å². The second-order valence-corrected chi connectivity index (χ2v) is 16.2. The van der Waals surface area contributed by atoms with Crippen molar-refractivity contribution in [2.75, 3.05) is 33.0 Å². The van der Waals surface area contributed by atoms with E-state index >= 15 is 0 Å². The molecule has 5 rings (SSSR count). The van der Waals surface area contributed by atoms with Gasteiger partial charge in [0, 0.05) is 12.8 Å². The van der Waals surface area contributed by atoms with Crippen LogP contribution in [0.2, 0.25) is 0 Å². The molecular formula is C44H64N2O11. The van der Waals surface area contributed by atoms with Gasteiger partial charge < -0.3 is 34.0 Å². The molecule has 2 fully saturated rings. The zero-order valence-corrected chi connectivity index (χ0v) is 35.1. The summed E-state index contributed by atoms with van der Waals surface area (Å²) in [6.07, 6.45) is 1.33. The highest BCUT2D eigenvalue weighted by Crippen LogP contribution is 2.31. The molecule has 0 saturated carbocycles. The van der Waals surface area contributed by atoms with Gasteiger partial charge in [0.05, 0.1) is 38.0 Å². The quantitative estimate of drug-likeness (QED) is 0.110. The Kier molecular flexibility index (Phi) is 20.9. The van der Waals surface area contributed by atoms with Crippen molar-refractivity contribution < 1.29 is 53.2 Å². The number of rotatable bonds is 9. The Bertz CT molecular complexity index is 1560. The van der Waals surface area contributed by atoms with Crippen LogP contribution in [-0.4, -0.2) is 83.1 Å². The van der Waals surface area contributed by atoms with Crippen LogP contribution in [0.4, 0.5) is 4.79 Å². The number of nitrogens with one attached hydrogen (secondary N) is 1. The monoisotopic (exact) mass is 796 g/mol. The van der Waals surface area contributed by atoms with Crippen LogP contribution in [0.25, 0.3) is 0 Å². The molecule has 316 valence electrons. The van der Waals surface area contributed by atoms with Gasteiger partial charge in [0.25, 0.3) is 0 Å². The summed E-state index contributed by atoms with van der Waals surface area (Å²) in [7, 11) is 0. The summed E-state index contributed by atoms with van der Waals surface area (Å²) in [6.45, 7) is 17.3. The van der Waals surface area contributed by atoms with E-state index in [2.05, 4.69) is 29.7 Å². The average Bonchev–Trinajstić information content (AvgIpc) is 3.87. The van der Waals surface area contributed by atoms with Gasteiger partial charge in [-0.25, -0.2) is 14.4 Å². The van der Waals surface area contributed by atoms with E-state index in [4.69, 9.17) is 33.7 Å². The molecule has 2 saturated heterocycles. The highest BCUT2D eigenvalue weighted by molar-refractivity contribution is 5.71. The number of amides is 1. The predicted octanol–water partition coefficient (Wildman–Crippen LogP) is 7.74. The Labute approximate surface area is 338 Å². The number of esters is 2. The molecule has 13 heteroatoms. The van der Waals surface area contributed by atoms with E-state index in [0.717, 1.165) is 30.6 Å². The predicted molar refractivity (Wildman–Crippen MR) is 216 cm³/mol. The van der Waals surface area contributed by atoms with Crippen LogP contribution < -0.4 is 5.48 Å². The number of ether oxygens (including phenoxy) is 4. The van der Waals surface area contributed by atoms with E-state index in [1.807, 2.05) is 108 Å². The maximum Gasteiger partial charge on any atom is 0.435 e. The molecule has 3 aromatic carbocycles. The molecule has 2 aliphatic heterocycles. The highest BCUT2D eigenvalue weighted by atomic mass is 16.7. The summed E-state index contributed by atoms with van der Waals surface area (Å²) in [6, 6.07) is 29.9. The van der Waals surface area contributed by atoms with E-state index in [-0.39, 0.29) is 18.6 Å². The molecule has 3 aromatic rings. The first-order valence-corrected chi connectivity index (χ1v) is 19.3. The van der Waals surface area contributed by atoms with Crippen LogP contribution in [0.1, 0.15) is 116 Å². The SMILES string of the molecule is CC(C)(C)OC(=O)CO.CC(C)(C)OC(=O)COCC[C@@H](O)c1ccccc1.CC(C)(C)OC(=O)N1OCC[C@H]1c1ccccc1.c1ccc([C@@H]2CCON2)cc1. The van der Waals surface area contributed by atoms with Crippen molar-refractivity contribution in [2.24, 2.45) is 0 Å². The molecular weight excluding hydrogens is 732 g/mol. The Balaban J connectivity index is 0.000000274. The molecule has 0 aromatic heterocycles. The second kappa shape index (κ2) is 24.4. The molecule has 1 amide bonds. The Morgan fingerprint density at radius 1 is 0.719 bits per heavy atom. The van der Waals surface area contributed by atoms with Crippen molar-refractivity contribution in [3.8, 4) is 0 Å². The molecule has 13 nitrogen and oxygen atoms in total. The number of aliphatic hydroxyl groups is 2. The minimum Gasteiger partial charge on any atom is -0.458 e. The van der Waals surface area contributed by atoms with Gasteiger partial charge in [-0.3, -0.25) is 4.84 Å². The molecule has 0 aliphatic carbocycles. The molecule has 0 spiro atoms.